The third-order valence-electron chi connectivity index (χ3n) is 4.29. The average molecular weight is 405 g/mol. The molecule has 7 nitrogen and oxygen atoms in total. The molecule has 1 aromatic heterocycles. The van der Waals surface area contributed by atoms with E-state index in [0.29, 0.717) is 10.6 Å². The Morgan fingerprint density at radius 3 is 2.48 bits per heavy atom. The molecule has 2 aromatic carbocycles. The number of halogens is 3. The number of hydrogen-bond acceptors (Lipinski definition) is 5. The molecule has 3 rings (SSSR count). The van der Waals surface area contributed by atoms with Crippen LogP contribution in [0.25, 0.3) is 22.3 Å². The van der Waals surface area contributed by atoms with Gasteiger partial charge in [0.05, 0.1) is 16.5 Å². The number of aliphatic carboxylic acids is 1. The van der Waals surface area contributed by atoms with E-state index in [9.17, 15) is 27.6 Å². The molecule has 0 radical (unpaired) electrons. The van der Waals surface area contributed by atoms with E-state index in [-0.39, 0.29) is 17.3 Å². The quantitative estimate of drug-likeness (QED) is 0.630. The number of carboxylic acid groups (broad SMARTS) is 1. The molecule has 0 saturated carbocycles. The van der Waals surface area contributed by atoms with E-state index in [4.69, 9.17) is 10.8 Å². The minimum atomic E-state index is -1.78. The van der Waals surface area contributed by atoms with Crippen LogP contribution in [0.3, 0.4) is 0 Å². The molecule has 1 atom stereocenters. The number of benzene rings is 2. The Labute approximate surface area is 161 Å². The zero-order valence-corrected chi connectivity index (χ0v) is 14.7. The normalized spacial score (nSPS) is 12.1. The van der Waals surface area contributed by atoms with E-state index in [1.165, 1.54) is 18.2 Å². The molecule has 150 valence electrons. The second-order valence-corrected chi connectivity index (χ2v) is 6.19. The smallest absolute Gasteiger partial charge is 0.320 e. The van der Waals surface area contributed by atoms with Crippen LogP contribution in [0.4, 0.5) is 13.2 Å². The topological polar surface area (TPSA) is 115 Å². The van der Waals surface area contributed by atoms with Gasteiger partial charge in [0.2, 0.25) is 5.91 Å². The highest BCUT2D eigenvalue weighted by molar-refractivity contribution is 5.89. The average Bonchev–Trinajstić information content (AvgIpc) is 2.70. The van der Waals surface area contributed by atoms with E-state index in [1.54, 1.807) is 6.07 Å². The Kier molecular flexibility index (Phi) is 5.46. The van der Waals surface area contributed by atoms with Gasteiger partial charge in [-0.25, -0.2) is 22.7 Å². The highest BCUT2D eigenvalue weighted by atomic mass is 19.2. The van der Waals surface area contributed by atoms with Crippen molar-refractivity contribution in [3.63, 3.8) is 0 Å². The molecule has 10 heteroatoms. The lowest BCUT2D eigenvalue weighted by Crippen LogP contribution is -2.34. The number of para-hydroxylation sites is 1. The largest absolute Gasteiger partial charge is 0.480 e. The fraction of sp³-hybridized carbons (Fsp3) is 0.158. The van der Waals surface area contributed by atoms with Crippen molar-refractivity contribution in [2.24, 2.45) is 5.73 Å². The molecule has 1 unspecified atom stereocenters. The van der Waals surface area contributed by atoms with Crippen molar-refractivity contribution in [1.29, 1.82) is 0 Å². The zero-order valence-electron chi connectivity index (χ0n) is 14.7. The molecule has 3 N–H and O–H groups in total. The van der Waals surface area contributed by atoms with Crippen LogP contribution in [0.2, 0.25) is 0 Å². The summed E-state index contributed by atoms with van der Waals surface area (Å²) in [5.41, 5.74) is 4.04. The van der Waals surface area contributed by atoms with Gasteiger partial charge in [0, 0.05) is 6.42 Å². The maximum atomic E-state index is 14.4. The summed E-state index contributed by atoms with van der Waals surface area (Å²) in [4.78, 5) is 40.5. The molecular formula is C19H14F3N3O4. The number of rotatable bonds is 5. The number of carboxylic acids is 1. The molecule has 3 aromatic rings. The Bertz CT molecular complexity index is 1190. The summed E-state index contributed by atoms with van der Waals surface area (Å²) in [6.07, 6.45) is -0.765. The number of nitrogens with zero attached hydrogens (tertiary/aromatic N) is 2. The lowest BCUT2D eigenvalue weighted by atomic mass is 10.1. The van der Waals surface area contributed by atoms with Crippen LogP contribution in [-0.2, 0) is 4.79 Å². The van der Waals surface area contributed by atoms with Crippen LogP contribution in [0.1, 0.15) is 17.6 Å². The first-order chi connectivity index (χ1) is 13.7. The van der Waals surface area contributed by atoms with Gasteiger partial charge in [0.15, 0.2) is 23.3 Å². The second-order valence-electron chi connectivity index (χ2n) is 6.19. The molecule has 0 aliphatic rings. The van der Waals surface area contributed by atoms with Gasteiger partial charge in [0.25, 0.3) is 5.56 Å². The third kappa shape index (κ3) is 3.74. The number of aromatic nitrogens is 2. The van der Waals surface area contributed by atoms with E-state index < -0.39 is 58.7 Å². The summed E-state index contributed by atoms with van der Waals surface area (Å²) in [7, 11) is 0. The van der Waals surface area contributed by atoms with Gasteiger partial charge >= 0.3 is 5.97 Å². The van der Waals surface area contributed by atoms with Crippen molar-refractivity contribution < 1.29 is 27.9 Å². The predicted octanol–water partition coefficient (Wildman–Crippen LogP) is 2.31. The summed E-state index contributed by atoms with van der Waals surface area (Å²) >= 11 is 0. The van der Waals surface area contributed by atoms with Gasteiger partial charge in [0.1, 0.15) is 6.04 Å². The Hall–Kier alpha value is -3.53. The van der Waals surface area contributed by atoms with E-state index in [1.807, 2.05) is 0 Å². The molecule has 29 heavy (non-hydrogen) atoms. The molecule has 0 aliphatic carbocycles. The van der Waals surface area contributed by atoms with Crippen LogP contribution < -0.4 is 11.3 Å². The number of nitrogens with two attached hydrogens (primary N) is 1. The van der Waals surface area contributed by atoms with E-state index in [2.05, 4.69) is 4.98 Å². The fourth-order valence-corrected chi connectivity index (χ4v) is 2.76. The van der Waals surface area contributed by atoms with Gasteiger partial charge in [-0.05, 0) is 30.7 Å². The summed E-state index contributed by atoms with van der Waals surface area (Å²) < 4.78 is 41.9. The first-order valence-electron chi connectivity index (χ1n) is 8.39. The van der Waals surface area contributed by atoms with Gasteiger partial charge in [-0.2, -0.15) is 0 Å². The monoisotopic (exact) mass is 405 g/mol. The number of hydrogen-bond donors (Lipinski definition) is 2. The van der Waals surface area contributed by atoms with E-state index in [0.717, 1.165) is 6.07 Å². The van der Waals surface area contributed by atoms with Gasteiger partial charge in [-0.1, -0.05) is 12.1 Å². The molecule has 0 fully saturated rings. The van der Waals surface area contributed by atoms with Crippen LogP contribution in [0.15, 0.2) is 41.2 Å². The fourth-order valence-electron chi connectivity index (χ4n) is 2.76. The molecular weight excluding hydrogens is 391 g/mol. The minimum absolute atomic E-state index is 0.0372. The van der Waals surface area contributed by atoms with Crippen molar-refractivity contribution in [3.8, 4) is 11.4 Å². The molecule has 0 bridgehead atoms. The Balaban J connectivity index is 2.22. The Morgan fingerprint density at radius 1 is 1.10 bits per heavy atom. The molecule has 0 amide bonds. The highest BCUT2D eigenvalue weighted by Gasteiger charge is 2.24. The standard InChI is InChI=1S/C19H14F3N3O4/c20-11-6-5-10(15(21)16(11)22)17-24-13-4-2-1-3-9(13)18(27)25(17)14(26)8-7-12(23)19(28)29/h1-6,12H,7-8,23H2,(H,28,29). The summed E-state index contributed by atoms with van der Waals surface area (Å²) in [5, 5.41) is 8.88. The molecule has 0 aliphatic heterocycles. The summed E-state index contributed by atoms with van der Waals surface area (Å²) in [6.45, 7) is 0. The minimum Gasteiger partial charge on any atom is -0.480 e. The van der Waals surface area contributed by atoms with E-state index >= 15 is 0 Å². The van der Waals surface area contributed by atoms with Crippen molar-refractivity contribution >= 4 is 22.8 Å². The molecule has 0 spiro atoms. The van der Waals surface area contributed by atoms with Crippen molar-refractivity contribution in [3.05, 3.63) is 64.2 Å². The summed E-state index contributed by atoms with van der Waals surface area (Å²) in [5.74, 6) is -7.62. The zero-order chi connectivity index (χ0) is 21.3. The maximum absolute atomic E-state index is 14.4. The van der Waals surface area contributed by atoms with Gasteiger partial charge < -0.3 is 10.8 Å². The first-order valence-corrected chi connectivity index (χ1v) is 8.39. The van der Waals surface area contributed by atoms with Crippen molar-refractivity contribution in [2.75, 3.05) is 0 Å². The van der Waals surface area contributed by atoms with Crippen molar-refractivity contribution in [1.82, 2.24) is 9.55 Å². The van der Waals surface area contributed by atoms with Crippen molar-refractivity contribution in [2.45, 2.75) is 18.9 Å². The van der Waals surface area contributed by atoms with Crippen LogP contribution in [0.5, 0.6) is 0 Å². The third-order valence-corrected chi connectivity index (χ3v) is 4.29. The summed E-state index contributed by atoms with van der Waals surface area (Å²) in [6, 6.07) is 6.06. The van der Waals surface area contributed by atoms with Crippen LogP contribution >= 0.6 is 0 Å². The van der Waals surface area contributed by atoms with Gasteiger partial charge in [-0.3, -0.25) is 14.4 Å². The SMILES string of the molecule is NC(CCC(=O)n1c(-c2ccc(F)c(F)c2F)nc2ccccc2c1=O)C(=O)O. The number of carbonyl (C=O) groups excluding carboxylic acids is 1. The highest BCUT2D eigenvalue weighted by Crippen LogP contribution is 2.25. The predicted molar refractivity (Wildman–Crippen MR) is 96.8 cm³/mol. The lowest BCUT2D eigenvalue weighted by molar-refractivity contribution is -0.138. The maximum Gasteiger partial charge on any atom is 0.320 e. The number of carbonyl (C=O) groups is 2. The van der Waals surface area contributed by atoms with Gasteiger partial charge in [-0.15, -0.1) is 0 Å². The second kappa shape index (κ2) is 7.84. The number of fused-ring (bicyclic) bond motifs is 1. The Morgan fingerprint density at radius 2 is 1.79 bits per heavy atom. The molecule has 1 heterocycles. The first kappa shape index (κ1) is 20.2. The van der Waals surface area contributed by atoms with Crippen LogP contribution in [0, 0.1) is 17.5 Å². The lowest BCUT2D eigenvalue weighted by Gasteiger charge is -2.14. The molecule has 0 saturated heterocycles. The van der Waals surface area contributed by atoms with Crippen LogP contribution in [-0.4, -0.2) is 32.6 Å².